The van der Waals surface area contributed by atoms with E-state index in [4.69, 9.17) is 14.2 Å². The van der Waals surface area contributed by atoms with Gasteiger partial charge in [0.2, 0.25) is 0 Å². The van der Waals surface area contributed by atoms with E-state index < -0.39 is 10.0 Å². The molecule has 2 rings (SSSR count). The highest BCUT2D eigenvalue weighted by Gasteiger charge is 2.16. The lowest BCUT2D eigenvalue weighted by Gasteiger charge is -2.12. The van der Waals surface area contributed by atoms with Crippen LogP contribution in [0.2, 0.25) is 0 Å². The van der Waals surface area contributed by atoms with E-state index in [2.05, 4.69) is 9.93 Å². The first-order chi connectivity index (χ1) is 12.3. The number of nitrogens with one attached hydrogen (secondary N) is 1. The predicted molar refractivity (Wildman–Crippen MR) is 99.9 cm³/mol. The SMILES string of the molecule is COc1cc(OC)c(/C=N/NS(=O)(=O)c2cc(C)ccc2C)c(OC)c1. The minimum atomic E-state index is -3.79. The highest BCUT2D eigenvalue weighted by atomic mass is 32.2. The number of rotatable bonds is 7. The zero-order valence-electron chi connectivity index (χ0n) is 15.4. The largest absolute Gasteiger partial charge is 0.496 e. The maximum Gasteiger partial charge on any atom is 0.276 e. The number of methoxy groups -OCH3 is 3. The highest BCUT2D eigenvalue weighted by Crippen LogP contribution is 2.32. The Morgan fingerprint density at radius 1 is 0.962 bits per heavy atom. The first-order valence-corrected chi connectivity index (χ1v) is 9.23. The minimum absolute atomic E-state index is 0.184. The van der Waals surface area contributed by atoms with Crippen LogP contribution in [0, 0.1) is 13.8 Å². The molecule has 1 N–H and O–H groups in total. The number of sulfonamides is 1. The van der Waals surface area contributed by atoms with Crippen LogP contribution >= 0.6 is 0 Å². The van der Waals surface area contributed by atoms with Crippen LogP contribution in [0.15, 0.2) is 40.3 Å². The summed E-state index contributed by atoms with van der Waals surface area (Å²) in [4.78, 5) is 2.41. The number of hydrazone groups is 1. The van der Waals surface area contributed by atoms with Crippen molar-refractivity contribution < 1.29 is 22.6 Å². The lowest BCUT2D eigenvalue weighted by atomic mass is 10.2. The van der Waals surface area contributed by atoms with Gasteiger partial charge in [-0.15, -0.1) is 0 Å². The second-order valence-electron chi connectivity index (χ2n) is 5.57. The molecule has 8 heteroatoms. The second kappa shape index (κ2) is 8.09. The van der Waals surface area contributed by atoms with Crippen molar-refractivity contribution in [3.63, 3.8) is 0 Å². The third-order valence-corrected chi connectivity index (χ3v) is 5.12. The Morgan fingerprint density at radius 2 is 1.58 bits per heavy atom. The number of benzene rings is 2. The van der Waals surface area contributed by atoms with Gasteiger partial charge in [-0.1, -0.05) is 12.1 Å². The normalized spacial score (nSPS) is 11.4. The molecule has 0 atom stereocenters. The third-order valence-electron chi connectivity index (χ3n) is 3.75. The molecule has 0 amide bonds. The summed E-state index contributed by atoms with van der Waals surface area (Å²) in [7, 11) is 0.722. The molecule has 26 heavy (non-hydrogen) atoms. The van der Waals surface area contributed by atoms with Gasteiger partial charge in [-0.05, 0) is 31.0 Å². The molecule has 0 saturated carbocycles. The van der Waals surface area contributed by atoms with Crippen molar-refractivity contribution in [3.05, 3.63) is 47.0 Å². The topological polar surface area (TPSA) is 86.2 Å². The van der Waals surface area contributed by atoms with Crippen LogP contribution in [-0.2, 0) is 10.0 Å². The summed E-state index contributed by atoms with van der Waals surface area (Å²) in [5.74, 6) is 1.43. The van der Waals surface area contributed by atoms with Crippen LogP contribution in [-0.4, -0.2) is 36.0 Å². The average molecular weight is 378 g/mol. The molecule has 7 nitrogen and oxygen atoms in total. The number of ether oxygens (including phenoxy) is 3. The van der Waals surface area contributed by atoms with Crippen molar-refractivity contribution in [2.24, 2.45) is 5.10 Å². The van der Waals surface area contributed by atoms with Crippen LogP contribution in [0.5, 0.6) is 17.2 Å². The standard InChI is InChI=1S/C18H22N2O5S/c1-12-6-7-13(2)18(8-12)26(21,22)20-19-11-15-16(24-4)9-14(23-3)10-17(15)25-5/h6-11,20H,1-5H3/b19-11+. The maximum absolute atomic E-state index is 12.5. The summed E-state index contributed by atoms with van der Waals surface area (Å²) in [5.41, 5.74) is 1.97. The monoisotopic (exact) mass is 378 g/mol. The van der Waals surface area contributed by atoms with Crippen LogP contribution in [0.1, 0.15) is 16.7 Å². The van der Waals surface area contributed by atoms with E-state index in [-0.39, 0.29) is 4.90 Å². The lowest BCUT2D eigenvalue weighted by Crippen LogP contribution is -2.19. The molecule has 0 saturated heterocycles. The summed E-state index contributed by atoms with van der Waals surface area (Å²) in [5, 5.41) is 3.87. The number of aryl methyl sites for hydroxylation is 2. The third kappa shape index (κ3) is 4.26. The van der Waals surface area contributed by atoms with Gasteiger partial charge in [-0.2, -0.15) is 13.5 Å². The first-order valence-electron chi connectivity index (χ1n) is 7.74. The van der Waals surface area contributed by atoms with Crippen LogP contribution in [0.4, 0.5) is 0 Å². The van der Waals surface area contributed by atoms with Crippen molar-refractivity contribution >= 4 is 16.2 Å². The fourth-order valence-electron chi connectivity index (χ4n) is 2.37. The van der Waals surface area contributed by atoms with Crippen LogP contribution in [0.25, 0.3) is 0 Å². The molecule has 0 unspecified atom stereocenters. The van der Waals surface area contributed by atoms with Gasteiger partial charge in [0.15, 0.2) is 0 Å². The van der Waals surface area contributed by atoms with Gasteiger partial charge >= 0.3 is 0 Å². The molecule has 0 aliphatic heterocycles. The Morgan fingerprint density at radius 3 is 2.12 bits per heavy atom. The molecular formula is C18H22N2O5S. The van der Waals surface area contributed by atoms with Gasteiger partial charge in [-0.25, -0.2) is 4.83 Å². The van der Waals surface area contributed by atoms with Gasteiger partial charge in [0.05, 0.1) is 38.0 Å². The Labute approximate surface area is 153 Å². The van der Waals surface area contributed by atoms with Crippen molar-refractivity contribution in [1.29, 1.82) is 0 Å². The van der Waals surface area contributed by atoms with Gasteiger partial charge in [0.25, 0.3) is 10.0 Å². The van der Waals surface area contributed by atoms with E-state index in [0.29, 0.717) is 28.4 Å². The van der Waals surface area contributed by atoms with E-state index >= 15 is 0 Å². The Kier molecular flexibility index (Phi) is 6.10. The van der Waals surface area contributed by atoms with Crippen LogP contribution < -0.4 is 19.0 Å². The molecule has 0 aliphatic rings. The minimum Gasteiger partial charge on any atom is -0.496 e. The van der Waals surface area contributed by atoms with Crippen molar-refractivity contribution in [2.75, 3.05) is 21.3 Å². The lowest BCUT2D eigenvalue weighted by molar-refractivity contribution is 0.374. The average Bonchev–Trinajstić information content (AvgIpc) is 2.63. The molecule has 2 aromatic rings. The van der Waals surface area contributed by atoms with Gasteiger partial charge in [0.1, 0.15) is 17.2 Å². The summed E-state index contributed by atoms with van der Waals surface area (Å²) in [6, 6.07) is 8.52. The Bertz CT molecular complexity index is 898. The summed E-state index contributed by atoms with van der Waals surface area (Å²) >= 11 is 0. The van der Waals surface area contributed by atoms with Crippen molar-refractivity contribution in [2.45, 2.75) is 18.7 Å². The summed E-state index contributed by atoms with van der Waals surface area (Å²) in [6.07, 6.45) is 1.33. The molecule has 0 aromatic heterocycles. The fraction of sp³-hybridized carbons (Fsp3) is 0.278. The van der Waals surface area contributed by atoms with Crippen molar-refractivity contribution in [1.82, 2.24) is 4.83 Å². The Hall–Kier alpha value is -2.74. The molecule has 0 spiro atoms. The van der Waals surface area contributed by atoms with E-state index in [9.17, 15) is 8.42 Å². The number of hydrogen-bond donors (Lipinski definition) is 1. The van der Waals surface area contributed by atoms with E-state index in [0.717, 1.165) is 5.56 Å². The first kappa shape index (κ1) is 19.6. The molecule has 0 bridgehead atoms. The van der Waals surface area contributed by atoms with Gasteiger partial charge in [0, 0.05) is 12.1 Å². The second-order valence-corrected chi connectivity index (χ2v) is 7.20. The van der Waals surface area contributed by atoms with Crippen LogP contribution in [0.3, 0.4) is 0 Å². The number of hydrogen-bond acceptors (Lipinski definition) is 6. The van der Waals surface area contributed by atoms with E-state index in [1.807, 2.05) is 13.0 Å². The molecule has 0 fully saturated rings. The zero-order valence-corrected chi connectivity index (χ0v) is 16.2. The van der Waals surface area contributed by atoms with E-state index in [1.165, 1.54) is 27.5 Å². The Balaban J connectivity index is 2.34. The molecule has 0 aliphatic carbocycles. The summed E-state index contributed by atoms with van der Waals surface area (Å²) < 4.78 is 40.8. The molecule has 0 heterocycles. The zero-order chi connectivity index (χ0) is 19.3. The van der Waals surface area contributed by atoms with Gasteiger partial charge < -0.3 is 14.2 Å². The molecule has 0 radical (unpaired) electrons. The van der Waals surface area contributed by atoms with Crippen molar-refractivity contribution in [3.8, 4) is 17.2 Å². The summed E-state index contributed by atoms with van der Waals surface area (Å²) in [6.45, 7) is 3.56. The van der Waals surface area contributed by atoms with Gasteiger partial charge in [-0.3, -0.25) is 0 Å². The smallest absolute Gasteiger partial charge is 0.276 e. The fourth-order valence-corrected chi connectivity index (χ4v) is 3.49. The number of nitrogens with zero attached hydrogens (tertiary/aromatic N) is 1. The molecule has 2 aromatic carbocycles. The quantitative estimate of drug-likeness (QED) is 0.591. The molecule has 140 valence electrons. The maximum atomic E-state index is 12.5. The highest BCUT2D eigenvalue weighted by molar-refractivity contribution is 7.89. The van der Waals surface area contributed by atoms with E-state index in [1.54, 1.807) is 31.2 Å². The molecular weight excluding hydrogens is 356 g/mol. The predicted octanol–water partition coefficient (Wildman–Crippen LogP) is 2.64.